The van der Waals surface area contributed by atoms with Crippen LogP contribution in [0.4, 0.5) is 0 Å². The Labute approximate surface area is 188 Å². The third kappa shape index (κ3) is 3.24. The first kappa shape index (κ1) is 19.4. The van der Waals surface area contributed by atoms with E-state index < -0.39 is 0 Å². The zero-order valence-electron chi connectivity index (χ0n) is 18.2. The lowest BCUT2D eigenvalue weighted by Gasteiger charge is -2.36. The number of rotatable bonds is 3. The van der Waals surface area contributed by atoms with Crippen molar-refractivity contribution in [2.75, 3.05) is 13.1 Å². The van der Waals surface area contributed by atoms with Crippen LogP contribution in [0.25, 0.3) is 0 Å². The number of hydrogen-bond donors (Lipinski definition) is 1. The molecule has 0 aliphatic carbocycles. The predicted molar refractivity (Wildman–Crippen MR) is 125 cm³/mol. The number of fused-ring (bicyclic) bond motifs is 2. The highest BCUT2D eigenvalue weighted by Crippen LogP contribution is 2.34. The van der Waals surface area contributed by atoms with Crippen LogP contribution < -0.4 is 5.32 Å². The van der Waals surface area contributed by atoms with E-state index in [4.69, 9.17) is 4.99 Å². The van der Waals surface area contributed by atoms with Crippen molar-refractivity contribution in [1.29, 1.82) is 0 Å². The lowest BCUT2D eigenvalue weighted by atomic mass is 9.88. The topological polar surface area (TPSA) is 57.6 Å². The summed E-state index contributed by atoms with van der Waals surface area (Å²) >= 11 is 0. The number of aliphatic imine (C=N–C) groups is 1. The highest BCUT2D eigenvalue weighted by Gasteiger charge is 2.38. The number of nitrogens with zero attached hydrogens (tertiary/aromatic N) is 3. The largest absolute Gasteiger partial charge is 0.333 e. The molecule has 1 N–H and O–H groups in total. The molecule has 3 aliphatic heterocycles. The summed E-state index contributed by atoms with van der Waals surface area (Å²) in [6, 6.07) is 19.4. The van der Waals surface area contributed by atoms with Crippen molar-refractivity contribution in [3.63, 3.8) is 0 Å². The van der Waals surface area contributed by atoms with Crippen molar-refractivity contribution < 1.29 is 4.79 Å². The highest BCUT2D eigenvalue weighted by atomic mass is 16.2. The molecule has 0 unspecified atom stereocenters. The molecule has 1 saturated heterocycles. The van der Waals surface area contributed by atoms with E-state index in [9.17, 15) is 4.79 Å². The standard InChI is InChI=1S/C27H26N4O/c1-17-9-19(7-8-29-17)27-23-11-22-16-31(26(32)12-20(22)10-21(23)13-30-27)25-15-28-14-24(25)18-5-3-2-4-6-18/h2-11,24-25,28H,12-16H2,1H3/t24-,25+/m0/s1. The number of pyridine rings is 1. The monoisotopic (exact) mass is 422 g/mol. The van der Waals surface area contributed by atoms with Gasteiger partial charge in [-0.3, -0.25) is 14.8 Å². The molecular formula is C27H26N4O. The number of carbonyl (C=O) groups excluding carboxylic acids is 1. The fourth-order valence-electron chi connectivity index (χ4n) is 5.46. The molecule has 5 heteroatoms. The lowest BCUT2D eigenvalue weighted by Crippen LogP contribution is -2.46. The molecule has 1 aromatic heterocycles. The molecule has 4 heterocycles. The minimum atomic E-state index is 0.183. The normalized spacial score (nSPS) is 22.0. The Kier molecular flexibility index (Phi) is 4.65. The zero-order chi connectivity index (χ0) is 21.7. The molecule has 2 atom stereocenters. The maximum absolute atomic E-state index is 13.2. The van der Waals surface area contributed by atoms with E-state index in [2.05, 4.69) is 57.7 Å². The summed E-state index contributed by atoms with van der Waals surface area (Å²) < 4.78 is 0. The molecule has 6 rings (SSSR count). The molecule has 2 aromatic carbocycles. The van der Waals surface area contributed by atoms with Gasteiger partial charge in [0.2, 0.25) is 5.91 Å². The number of aryl methyl sites for hydroxylation is 1. The molecule has 0 spiro atoms. The number of aromatic nitrogens is 1. The third-order valence-corrected chi connectivity index (χ3v) is 7.07. The first-order valence-corrected chi connectivity index (χ1v) is 11.3. The van der Waals surface area contributed by atoms with Crippen molar-refractivity contribution in [1.82, 2.24) is 15.2 Å². The van der Waals surface area contributed by atoms with Crippen molar-refractivity contribution in [2.45, 2.75) is 38.4 Å². The van der Waals surface area contributed by atoms with Crippen LogP contribution in [0.15, 0.2) is 65.8 Å². The number of amides is 1. The van der Waals surface area contributed by atoms with E-state index in [1.807, 2.05) is 25.3 Å². The molecular weight excluding hydrogens is 396 g/mol. The van der Waals surface area contributed by atoms with Crippen LogP contribution in [0, 0.1) is 6.92 Å². The van der Waals surface area contributed by atoms with Gasteiger partial charge in [-0.1, -0.05) is 36.4 Å². The molecule has 160 valence electrons. The van der Waals surface area contributed by atoms with Gasteiger partial charge in [-0.05, 0) is 47.4 Å². The van der Waals surface area contributed by atoms with Crippen LogP contribution in [0.2, 0.25) is 0 Å². The van der Waals surface area contributed by atoms with Crippen LogP contribution in [0.3, 0.4) is 0 Å². The third-order valence-electron chi connectivity index (χ3n) is 7.07. The molecule has 0 radical (unpaired) electrons. The van der Waals surface area contributed by atoms with Crippen LogP contribution in [0.1, 0.15) is 45.0 Å². The first-order valence-electron chi connectivity index (χ1n) is 11.3. The summed E-state index contributed by atoms with van der Waals surface area (Å²) in [6.07, 6.45) is 2.32. The average Bonchev–Trinajstić information content (AvgIpc) is 3.45. The summed E-state index contributed by atoms with van der Waals surface area (Å²) in [5.74, 6) is 0.559. The number of nitrogens with one attached hydrogen (secondary N) is 1. The van der Waals surface area contributed by atoms with Gasteiger partial charge in [-0.2, -0.15) is 0 Å². The Morgan fingerprint density at radius 2 is 1.88 bits per heavy atom. The van der Waals surface area contributed by atoms with Gasteiger partial charge in [0.25, 0.3) is 0 Å². The molecule has 0 saturated carbocycles. The van der Waals surface area contributed by atoms with Crippen molar-refractivity contribution in [3.05, 3.63) is 99.9 Å². The highest BCUT2D eigenvalue weighted by molar-refractivity contribution is 6.15. The summed E-state index contributed by atoms with van der Waals surface area (Å²) in [5.41, 5.74) is 9.29. The number of hydrogen-bond acceptors (Lipinski definition) is 4. The Bertz CT molecular complexity index is 1230. The summed E-state index contributed by atoms with van der Waals surface area (Å²) in [7, 11) is 0. The minimum Gasteiger partial charge on any atom is -0.333 e. The molecule has 0 bridgehead atoms. The maximum Gasteiger partial charge on any atom is 0.227 e. The molecule has 1 amide bonds. The predicted octanol–water partition coefficient (Wildman–Crippen LogP) is 3.38. The second-order valence-corrected chi connectivity index (χ2v) is 9.07. The van der Waals surface area contributed by atoms with Gasteiger partial charge >= 0.3 is 0 Å². The van der Waals surface area contributed by atoms with E-state index in [1.54, 1.807) is 0 Å². The summed E-state index contributed by atoms with van der Waals surface area (Å²) in [5, 5.41) is 3.52. The van der Waals surface area contributed by atoms with Gasteiger partial charge in [0.1, 0.15) is 0 Å². The molecule has 1 fully saturated rings. The average molecular weight is 423 g/mol. The smallest absolute Gasteiger partial charge is 0.227 e. The minimum absolute atomic E-state index is 0.183. The van der Waals surface area contributed by atoms with E-state index in [1.165, 1.54) is 22.3 Å². The van der Waals surface area contributed by atoms with Gasteiger partial charge in [0.15, 0.2) is 0 Å². The van der Waals surface area contributed by atoms with E-state index in [-0.39, 0.29) is 11.9 Å². The summed E-state index contributed by atoms with van der Waals surface area (Å²) in [4.78, 5) is 24.5. The summed E-state index contributed by atoms with van der Waals surface area (Å²) in [6.45, 7) is 5.11. The van der Waals surface area contributed by atoms with Gasteiger partial charge in [-0.15, -0.1) is 0 Å². The Balaban J connectivity index is 1.32. The van der Waals surface area contributed by atoms with Crippen LogP contribution >= 0.6 is 0 Å². The molecule has 32 heavy (non-hydrogen) atoms. The Hall–Kier alpha value is -3.31. The van der Waals surface area contributed by atoms with Gasteiger partial charge in [0.05, 0.1) is 24.7 Å². The quantitative estimate of drug-likeness (QED) is 0.704. The lowest BCUT2D eigenvalue weighted by molar-refractivity contribution is -0.134. The second kappa shape index (κ2) is 7.68. The van der Waals surface area contributed by atoms with Crippen LogP contribution in [0.5, 0.6) is 0 Å². The van der Waals surface area contributed by atoms with Crippen molar-refractivity contribution in [2.24, 2.45) is 4.99 Å². The van der Waals surface area contributed by atoms with Gasteiger partial charge in [0, 0.05) is 48.6 Å². The number of benzene rings is 2. The van der Waals surface area contributed by atoms with Gasteiger partial charge < -0.3 is 10.2 Å². The fourth-order valence-corrected chi connectivity index (χ4v) is 5.46. The second-order valence-electron chi connectivity index (χ2n) is 9.07. The van der Waals surface area contributed by atoms with Crippen LogP contribution in [-0.4, -0.2) is 40.6 Å². The van der Waals surface area contributed by atoms with Gasteiger partial charge in [-0.25, -0.2) is 0 Å². The van der Waals surface area contributed by atoms with Crippen molar-refractivity contribution >= 4 is 11.6 Å². The Morgan fingerprint density at radius 1 is 1.00 bits per heavy atom. The maximum atomic E-state index is 13.2. The zero-order valence-corrected chi connectivity index (χ0v) is 18.2. The SMILES string of the molecule is Cc1cc(C2=NCc3cc4c(cc32)CN([C@@H]2CNC[C@H]2c2ccccc2)C(=O)C4)ccn1. The molecule has 5 nitrogen and oxygen atoms in total. The van der Waals surface area contributed by atoms with E-state index in [0.29, 0.717) is 25.4 Å². The van der Waals surface area contributed by atoms with E-state index in [0.717, 1.165) is 35.6 Å². The number of carbonyl (C=O) groups is 1. The Morgan fingerprint density at radius 3 is 2.72 bits per heavy atom. The molecule has 3 aromatic rings. The molecule has 3 aliphatic rings. The van der Waals surface area contributed by atoms with Crippen LogP contribution in [-0.2, 0) is 24.3 Å². The fraction of sp³-hybridized carbons (Fsp3) is 0.296. The van der Waals surface area contributed by atoms with Crippen molar-refractivity contribution in [3.8, 4) is 0 Å². The first-order chi connectivity index (χ1) is 15.7. The van der Waals surface area contributed by atoms with E-state index >= 15 is 0 Å².